The van der Waals surface area contributed by atoms with E-state index >= 15 is 0 Å². The van der Waals surface area contributed by atoms with Gasteiger partial charge in [-0.1, -0.05) is 71.1 Å². The van der Waals surface area contributed by atoms with E-state index in [1.807, 2.05) is 58.9 Å². The van der Waals surface area contributed by atoms with E-state index in [9.17, 15) is 0 Å². The van der Waals surface area contributed by atoms with Crippen LogP contribution in [0.2, 0.25) is 0 Å². The Labute approximate surface area is 121 Å². The summed E-state index contributed by atoms with van der Waals surface area (Å²) in [7, 11) is 0. The topological polar surface area (TPSA) is 12.0 Å². The first-order valence-electron chi connectivity index (χ1n) is 7.99. The first kappa shape index (κ1) is 20.5. The highest BCUT2D eigenvalue weighted by Gasteiger charge is 2.30. The van der Waals surface area contributed by atoms with Crippen molar-refractivity contribution in [1.82, 2.24) is 5.32 Å². The van der Waals surface area contributed by atoms with E-state index in [0.717, 1.165) is 11.8 Å². The molecule has 1 saturated heterocycles. The summed E-state index contributed by atoms with van der Waals surface area (Å²) in [6, 6.07) is 0. The van der Waals surface area contributed by atoms with E-state index in [1.54, 1.807) is 6.08 Å². The zero-order valence-electron chi connectivity index (χ0n) is 13.8. The normalized spacial score (nSPS) is 23.6. The van der Waals surface area contributed by atoms with Gasteiger partial charge < -0.3 is 5.32 Å². The zero-order chi connectivity index (χ0) is 14.9. The molecule has 1 aliphatic heterocycles. The largest absolute Gasteiger partial charge is 0.316 e. The summed E-state index contributed by atoms with van der Waals surface area (Å²) >= 11 is 0. The van der Waals surface area contributed by atoms with Gasteiger partial charge in [0.25, 0.3) is 0 Å². The third kappa shape index (κ3) is 10.8. The predicted octanol–water partition coefficient (Wildman–Crippen LogP) is 5.36. The maximum absolute atomic E-state index is 3.51. The summed E-state index contributed by atoms with van der Waals surface area (Å²) in [6.07, 6.45) is 14.0. The lowest BCUT2D eigenvalue weighted by Crippen LogP contribution is -2.08. The highest BCUT2D eigenvalue weighted by atomic mass is 14.9. The molecule has 1 N–H and O–H groups in total. The number of rotatable bonds is 2. The first-order valence-corrected chi connectivity index (χ1v) is 7.99. The van der Waals surface area contributed by atoms with E-state index in [-0.39, 0.29) is 0 Å². The fraction of sp³-hybridized carbons (Fsp3) is 0.667. The molecule has 0 spiro atoms. The predicted molar refractivity (Wildman–Crippen MR) is 90.5 cm³/mol. The minimum absolute atomic E-state index is 1.06. The van der Waals surface area contributed by atoms with Gasteiger partial charge in [0.1, 0.15) is 0 Å². The molecular weight excluding hydrogens is 230 g/mol. The average molecular weight is 265 g/mol. The van der Waals surface area contributed by atoms with Crippen molar-refractivity contribution >= 4 is 0 Å². The van der Waals surface area contributed by atoms with Crippen molar-refractivity contribution < 1.29 is 0 Å². The molecule has 2 aliphatic rings. The van der Waals surface area contributed by atoms with Gasteiger partial charge in [0.05, 0.1) is 0 Å². The van der Waals surface area contributed by atoms with Gasteiger partial charge in [0.15, 0.2) is 0 Å². The zero-order valence-corrected chi connectivity index (χ0v) is 13.8. The van der Waals surface area contributed by atoms with Gasteiger partial charge in [-0.25, -0.2) is 0 Å². The molecule has 1 heteroatoms. The third-order valence-electron chi connectivity index (χ3n) is 3.18. The van der Waals surface area contributed by atoms with Crippen LogP contribution in [0.25, 0.3) is 0 Å². The highest BCUT2D eigenvalue weighted by molar-refractivity contribution is 5.07. The minimum Gasteiger partial charge on any atom is -0.316 e. The van der Waals surface area contributed by atoms with Crippen LogP contribution in [-0.4, -0.2) is 13.1 Å². The van der Waals surface area contributed by atoms with Gasteiger partial charge in [-0.3, -0.25) is 0 Å². The summed E-state index contributed by atoms with van der Waals surface area (Å²) in [5, 5.41) is 3.42. The van der Waals surface area contributed by atoms with E-state index in [1.165, 1.54) is 32.4 Å². The summed E-state index contributed by atoms with van der Waals surface area (Å²) < 4.78 is 0. The second kappa shape index (κ2) is 17.2. The summed E-state index contributed by atoms with van der Waals surface area (Å²) in [5.41, 5.74) is 0. The Morgan fingerprint density at radius 1 is 0.895 bits per heavy atom. The Morgan fingerprint density at radius 2 is 1.42 bits per heavy atom. The molecule has 112 valence electrons. The molecule has 0 aromatic carbocycles. The van der Waals surface area contributed by atoms with Gasteiger partial charge in [0, 0.05) is 0 Å². The SMILES string of the molecule is C1C[C@@H]2CNC[C@@H]2C1.C=C/C=C\C=C/C.CC.CC. The molecule has 1 nitrogen and oxygen atoms in total. The molecule has 0 bridgehead atoms. The molecule has 2 atom stereocenters. The highest BCUT2D eigenvalue weighted by Crippen LogP contribution is 2.33. The van der Waals surface area contributed by atoms with Crippen LogP contribution >= 0.6 is 0 Å². The number of nitrogens with one attached hydrogen (secondary N) is 1. The molecule has 19 heavy (non-hydrogen) atoms. The number of hydrogen-bond donors (Lipinski definition) is 1. The lowest BCUT2D eigenvalue weighted by molar-refractivity contribution is 0.494. The molecule has 1 heterocycles. The quantitative estimate of drug-likeness (QED) is 0.662. The Bertz CT molecular complexity index is 208. The standard InChI is InChI=1S/C7H13N.C7H10.2C2H6/c1-2-6-4-8-5-7(6)3-1;1-3-5-7-6-4-2;2*1-2/h6-8H,1-5H2;3-7H,1H2,2H3;2*1-2H3/b;6-4-,7-5-;;/t6-,7+;;;. The van der Waals surface area contributed by atoms with Crippen LogP contribution in [0.3, 0.4) is 0 Å². The van der Waals surface area contributed by atoms with Crippen molar-refractivity contribution in [3.8, 4) is 0 Å². The second-order valence-electron chi connectivity index (χ2n) is 4.26. The second-order valence-corrected chi connectivity index (χ2v) is 4.26. The minimum atomic E-state index is 1.06. The van der Waals surface area contributed by atoms with E-state index in [2.05, 4.69) is 11.9 Å². The monoisotopic (exact) mass is 265 g/mol. The van der Waals surface area contributed by atoms with Gasteiger partial charge >= 0.3 is 0 Å². The van der Waals surface area contributed by atoms with Crippen molar-refractivity contribution in [1.29, 1.82) is 0 Å². The number of allylic oxidation sites excluding steroid dienone is 5. The maximum atomic E-state index is 3.51. The van der Waals surface area contributed by atoms with E-state index < -0.39 is 0 Å². The molecule has 2 fully saturated rings. The van der Waals surface area contributed by atoms with Gasteiger partial charge in [-0.05, 0) is 44.7 Å². The summed E-state index contributed by atoms with van der Waals surface area (Å²) in [6.45, 7) is 16.1. The van der Waals surface area contributed by atoms with Crippen LogP contribution in [0.1, 0.15) is 53.9 Å². The fourth-order valence-electron chi connectivity index (χ4n) is 2.36. The van der Waals surface area contributed by atoms with Crippen molar-refractivity contribution in [2.45, 2.75) is 53.9 Å². The van der Waals surface area contributed by atoms with E-state index in [4.69, 9.17) is 0 Å². The van der Waals surface area contributed by atoms with Crippen molar-refractivity contribution in [2.24, 2.45) is 11.8 Å². The molecular formula is C18H35N. The Morgan fingerprint density at radius 3 is 1.84 bits per heavy atom. The lowest BCUT2D eigenvalue weighted by Gasteiger charge is -2.02. The van der Waals surface area contributed by atoms with Gasteiger partial charge in [-0.2, -0.15) is 0 Å². The van der Waals surface area contributed by atoms with Crippen LogP contribution in [-0.2, 0) is 0 Å². The molecule has 0 radical (unpaired) electrons. The summed E-state index contributed by atoms with van der Waals surface area (Å²) in [4.78, 5) is 0. The fourth-order valence-corrected chi connectivity index (χ4v) is 2.36. The molecule has 0 unspecified atom stereocenters. The van der Waals surface area contributed by atoms with Crippen molar-refractivity contribution in [3.63, 3.8) is 0 Å². The lowest BCUT2D eigenvalue weighted by atomic mass is 10.0. The Kier molecular flexibility index (Phi) is 18.5. The van der Waals surface area contributed by atoms with Gasteiger partial charge in [0.2, 0.25) is 0 Å². The maximum Gasteiger partial charge on any atom is -0.00173 e. The molecule has 1 aliphatic carbocycles. The van der Waals surface area contributed by atoms with Crippen molar-refractivity contribution in [3.05, 3.63) is 37.0 Å². The van der Waals surface area contributed by atoms with Crippen LogP contribution in [0.5, 0.6) is 0 Å². The summed E-state index contributed by atoms with van der Waals surface area (Å²) in [5.74, 6) is 2.13. The molecule has 0 aromatic heterocycles. The van der Waals surface area contributed by atoms with Gasteiger partial charge in [-0.15, -0.1) is 0 Å². The molecule has 0 aromatic rings. The average Bonchev–Trinajstić information content (AvgIpc) is 3.08. The van der Waals surface area contributed by atoms with Crippen LogP contribution in [0, 0.1) is 11.8 Å². The number of hydrogen-bond acceptors (Lipinski definition) is 1. The Balaban J connectivity index is 0. The van der Waals surface area contributed by atoms with E-state index in [0.29, 0.717) is 0 Å². The first-order chi connectivity index (χ1) is 9.38. The molecule has 1 saturated carbocycles. The Hall–Kier alpha value is -0.820. The van der Waals surface area contributed by atoms with Crippen molar-refractivity contribution in [2.75, 3.05) is 13.1 Å². The molecule has 2 rings (SSSR count). The third-order valence-corrected chi connectivity index (χ3v) is 3.18. The molecule has 0 amide bonds. The van der Waals surface area contributed by atoms with Crippen LogP contribution in [0.4, 0.5) is 0 Å². The smallest absolute Gasteiger partial charge is 0.00173 e. The number of fused-ring (bicyclic) bond motifs is 1. The van der Waals surface area contributed by atoms with Crippen LogP contribution < -0.4 is 5.32 Å². The van der Waals surface area contributed by atoms with Crippen LogP contribution in [0.15, 0.2) is 37.0 Å².